The monoisotopic (exact) mass is 280 g/mol. The van der Waals surface area contributed by atoms with E-state index >= 15 is 0 Å². The molecule has 1 atom stereocenters. The average molecular weight is 280 g/mol. The van der Waals surface area contributed by atoms with Crippen molar-refractivity contribution in [3.05, 3.63) is 24.3 Å². The van der Waals surface area contributed by atoms with Gasteiger partial charge in [0.25, 0.3) is 0 Å². The summed E-state index contributed by atoms with van der Waals surface area (Å²) in [6.07, 6.45) is 0.817. The van der Waals surface area contributed by atoms with Crippen molar-refractivity contribution in [3.8, 4) is 5.75 Å². The zero-order valence-electron chi connectivity index (χ0n) is 12.4. The second-order valence-corrected chi connectivity index (χ2v) is 4.46. The number of rotatable bonds is 9. The number of ether oxygens (including phenoxy) is 2. The summed E-state index contributed by atoms with van der Waals surface area (Å²) in [6.45, 7) is 5.71. The van der Waals surface area contributed by atoms with Crippen molar-refractivity contribution in [2.75, 3.05) is 32.2 Å². The van der Waals surface area contributed by atoms with Crippen LogP contribution in [-0.2, 0) is 9.53 Å². The Bertz CT molecular complexity index is 393. The van der Waals surface area contributed by atoms with E-state index in [1.165, 1.54) is 0 Å². The van der Waals surface area contributed by atoms with E-state index in [0.29, 0.717) is 19.8 Å². The molecule has 5 heteroatoms. The molecule has 1 unspecified atom stereocenters. The molecule has 1 rings (SSSR count). The highest BCUT2D eigenvalue weighted by atomic mass is 16.5. The highest BCUT2D eigenvalue weighted by Crippen LogP contribution is 2.16. The summed E-state index contributed by atoms with van der Waals surface area (Å²) in [5.74, 6) is 0.810. The molecule has 0 aliphatic heterocycles. The fourth-order valence-electron chi connectivity index (χ4n) is 1.71. The molecule has 112 valence electrons. The van der Waals surface area contributed by atoms with Crippen LogP contribution in [0.25, 0.3) is 0 Å². The molecule has 0 saturated carbocycles. The highest BCUT2D eigenvalue weighted by molar-refractivity contribution is 5.84. The Hall–Kier alpha value is -1.75. The van der Waals surface area contributed by atoms with Gasteiger partial charge in [0, 0.05) is 25.9 Å². The predicted octanol–water partition coefficient (Wildman–Crippen LogP) is 2.04. The van der Waals surface area contributed by atoms with Crippen LogP contribution >= 0.6 is 0 Å². The Labute approximate surface area is 120 Å². The molecule has 0 bridgehead atoms. The summed E-state index contributed by atoms with van der Waals surface area (Å²) >= 11 is 0. The van der Waals surface area contributed by atoms with E-state index in [-0.39, 0.29) is 11.9 Å². The van der Waals surface area contributed by atoms with Crippen LogP contribution in [0.3, 0.4) is 0 Å². The number of hydrogen-bond donors (Lipinski definition) is 2. The zero-order chi connectivity index (χ0) is 14.8. The maximum absolute atomic E-state index is 11.8. The molecule has 0 radical (unpaired) electrons. The summed E-state index contributed by atoms with van der Waals surface area (Å²) in [5.41, 5.74) is 0.896. The lowest BCUT2D eigenvalue weighted by molar-refractivity contribution is -0.121. The molecule has 1 aromatic rings. The minimum atomic E-state index is -0.282. The largest absolute Gasteiger partial charge is 0.494 e. The van der Waals surface area contributed by atoms with Gasteiger partial charge in [-0.15, -0.1) is 0 Å². The topological polar surface area (TPSA) is 59.6 Å². The van der Waals surface area contributed by atoms with Gasteiger partial charge in [-0.3, -0.25) is 4.79 Å². The average Bonchev–Trinajstić information content (AvgIpc) is 2.45. The van der Waals surface area contributed by atoms with Gasteiger partial charge in [0.05, 0.1) is 6.61 Å². The van der Waals surface area contributed by atoms with Crippen molar-refractivity contribution < 1.29 is 14.3 Å². The second kappa shape index (κ2) is 9.20. The molecular weight excluding hydrogens is 256 g/mol. The van der Waals surface area contributed by atoms with Gasteiger partial charge in [-0.05, 0) is 44.5 Å². The Morgan fingerprint density at radius 2 is 2.00 bits per heavy atom. The lowest BCUT2D eigenvalue weighted by Gasteiger charge is -2.15. The van der Waals surface area contributed by atoms with Gasteiger partial charge in [-0.2, -0.15) is 0 Å². The number of benzene rings is 1. The zero-order valence-corrected chi connectivity index (χ0v) is 12.4. The van der Waals surface area contributed by atoms with E-state index in [0.717, 1.165) is 17.9 Å². The quantitative estimate of drug-likeness (QED) is 0.680. The van der Waals surface area contributed by atoms with Gasteiger partial charge in [0.15, 0.2) is 0 Å². The summed E-state index contributed by atoms with van der Waals surface area (Å²) in [6, 6.07) is 7.29. The number of carbonyl (C=O) groups excluding carboxylic acids is 1. The Kier molecular flexibility index (Phi) is 7.50. The molecule has 5 nitrogen and oxygen atoms in total. The number of methoxy groups -OCH3 is 1. The second-order valence-electron chi connectivity index (χ2n) is 4.46. The third-order valence-corrected chi connectivity index (χ3v) is 2.77. The van der Waals surface area contributed by atoms with Crippen LogP contribution in [0.4, 0.5) is 5.69 Å². The summed E-state index contributed by atoms with van der Waals surface area (Å²) < 4.78 is 10.3. The highest BCUT2D eigenvalue weighted by Gasteiger charge is 2.11. The van der Waals surface area contributed by atoms with Gasteiger partial charge in [-0.25, -0.2) is 0 Å². The third-order valence-electron chi connectivity index (χ3n) is 2.77. The van der Waals surface area contributed by atoms with Gasteiger partial charge < -0.3 is 20.1 Å². The minimum absolute atomic E-state index is 0.0185. The van der Waals surface area contributed by atoms with E-state index in [9.17, 15) is 4.79 Å². The Morgan fingerprint density at radius 3 is 2.60 bits per heavy atom. The van der Waals surface area contributed by atoms with Gasteiger partial charge in [-0.1, -0.05) is 0 Å². The number of carbonyl (C=O) groups is 1. The molecule has 0 spiro atoms. The van der Waals surface area contributed by atoms with Crippen molar-refractivity contribution in [3.63, 3.8) is 0 Å². The van der Waals surface area contributed by atoms with Crippen LogP contribution < -0.4 is 15.4 Å². The van der Waals surface area contributed by atoms with Gasteiger partial charge >= 0.3 is 0 Å². The number of anilines is 1. The summed E-state index contributed by atoms with van der Waals surface area (Å²) in [4.78, 5) is 11.8. The maximum atomic E-state index is 11.8. The SMILES string of the molecule is CCOc1ccc(NC(C)C(=O)NCCCOC)cc1. The number of nitrogens with one attached hydrogen (secondary N) is 2. The molecule has 0 aromatic heterocycles. The Balaban J connectivity index is 2.36. The number of hydrogen-bond acceptors (Lipinski definition) is 4. The van der Waals surface area contributed by atoms with Crippen molar-refractivity contribution in [2.45, 2.75) is 26.3 Å². The first kappa shape index (κ1) is 16.3. The molecule has 20 heavy (non-hydrogen) atoms. The van der Waals surface area contributed by atoms with E-state index in [4.69, 9.17) is 9.47 Å². The molecule has 1 aromatic carbocycles. The standard InChI is InChI=1S/C15H24N2O3/c1-4-20-14-8-6-13(7-9-14)17-12(2)15(18)16-10-5-11-19-3/h6-9,12,17H,4-5,10-11H2,1-3H3,(H,16,18). The van der Waals surface area contributed by atoms with E-state index < -0.39 is 0 Å². The Morgan fingerprint density at radius 1 is 1.30 bits per heavy atom. The van der Waals surface area contributed by atoms with Crippen molar-refractivity contribution >= 4 is 11.6 Å². The van der Waals surface area contributed by atoms with Crippen LogP contribution in [0.1, 0.15) is 20.3 Å². The first-order valence-corrected chi connectivity index (χ1v) is 6.93. The van der Waals surface area contributed by atoms with Crippen LogP contribution in [-0.4, -0.2) is 38.8 Å². The summed E-state index contributed by atoms with van der Waals surface area (Å²) in [5, 5.41) is 6.02. The molecule has 0 heterocycles. The van der Waals surface area contributed by atoms with Crippen LogP contribution in [0.5, 0.6) is 5.75 Å². The first-order chi connectivity index (χ1) is 9.67. The lowest BCUT2D eigenvalue weighted by atomic mass is 10.2. The van der Waals surface area contributed by atoms with E-state index in [2.05, 4.69) is 10.6 Å². The van der Waals surface area contributed by atoms with Crippen LogP contribution in [0.2, 0.25) is 0 Å². The molecule has 0 saturated heterocycles. The molecule has 2 N–H and O–H groups in total. The molecular formula is C15H24N2O3. The minimum Gasteiger partial charge on any atom is -0.494 e. The van der Waals surface area contributed by atoms with Crippen molar-refractivity contribution in [1.29, 1.82) is 0 Å². The number of amides is 1. The fraction of sp³-hybridized carbons (Fsp3) is 0.533. The summed E-state index contributed by atoms with van der Waals surface area (Å²) in [7, 11) is 1.65. The normalized spacial score (nSPS) is 11.8. The van der Waals surface area contributed by atoms with Crippen LogP contribution in [0, 0.1) is 0 Å². The van der Waals surface area contributed by atoms with E-state index in [1.807, 2.05) is 38.1 Å². The van der Waals surface area contributed by atoms with Gasteiger partial charge in [0.2, 0.25) is 5.91 Å². The smallest absolute Gasteiger partial charge is 0.242 e. The maximum Gasteiger partial charge on any atom is 0.242 e. The van der Waals surface area contributed by atoms with Crippen LogP contribution in [0.15, 0.2) is 24.3 Å². The molecule has 1 amide bonds. The lowest BCUT2D eigenvalue weighted by Crippen LogP contribution is -2.38. The molecule has 0 fully saturated rings. The molecule has 0 aliphatic rings. The predicted molar refractivity (Wildman–Crippen MR) is 80.2 cm³/mol. The third kappa shape index (κ3) is 5.93. The van der Waals surface area contributed by atoms with Gasteiger partial charge in [0.1, 0.15) is 11.8 Å². The van der Waals surface area contributed by atoms with Crippen molar-refractivity contribution in [1.82, 2.24) is 5.32 Å². The van der Waals surface area contributed by atoms with E-state index in [1.54, 1.807) is 7.11 Å². The first-order valence-electron chi connectivity index (χ1n) is 6.93. The molecule has 0 aliphatic carbocycles. The van der Waals surface area contributed by atoms with Crippen molar-refractivity contribution in [2.24, 2.45) is 0 Å². The fourth-order valence-corrected chi connectivity index (χ4v) is 1.71.